The highest BCUT2D eigenvalue weighted by atomic mass is 32.2. The number of aryl methyl sites for hydroxylation is 1. The molecule has 2 N–H and O–H groups in total. The molecule has 0 aliphatic carbocycles. The van der Waals surface area contributed by atoms with E-state index >= 15 is 0 Å². The second kappa shape index (κ2) is 7.67. The highest BCUT2D eigenvalue weighted by molar-refractivity contribution is 7.89. The maximum Gasteiger partial charge on any atom is 0.272 e. The van der Waals surface area contributed by atoms with Gasteiger partial charge in [0.15, 0.2) is 4.80 Å². The van der Waals surface area contributed by atoms with Crippen molar-refractivity contribution in [3.05, 3.63) is 51.5 Å². The maximum atomic E-state index is 12.2. The van der Waals surface area contributed by atoms with Crippen molar-refractivity contribution in [2.45, 2.75) is 24.8 Å². The van der Waals surface area contributed by atoms with Crippen LogP contribution in [0.15, 0.2) is 51.7 Å². The Kier molecular flexibility index (Phi) is 5.52. The lowest BCUT2D eigenvalue weighted by Crippen LogP contribution is -2.16. The van der Waals surface area contributed by atoms with Crippen molar-refractivity contribution in [3.8, 4) is 0 Å². The fourth-order valence-electron chi connectivity index (χ4n) is 2.43. The van der Waals surface area contributed by atoms with Crippen LogP contribution in [-0.2, 0) is 21.4 Å². The van der Waals surface area contributed by atoms with Crippen molar-refractivity contribution in [2.24, 2.45) is 10.1 Å². The van der Waals surface area contributed by atoms with Crippen molar-refractivity contribution in [1.82, 2.24) is 4.57 Å². The molecule has 0 unspecified atom stereocenters. The summed E-state index contributed by atoms with van der Waals surface area (Å²) in [6.07, 6.45) is 4.02. The van der Waals surface area contributed by atoms with Gasteiger partial charge in [0.2, 0.25) is 10.0 Å². The number of benzene rings is 1. The minimum absolute atomic E-state index is 0.0466. The number of rotatable bonds is 5. The topological polar surface area (TPSA) is 94.5 Å². The molecule has 136 valence electrons. The lowest BCUT2D eigenvalue weighted by Gasteiger charge is -2.03. The van der Waals surface area contributed by atoms with Gasteiger partial charge in [-0.15, -0.1) is 11.3 Å². The molecule has 0 radical (unpaired) electrons. The predicted molar refractivity (Wildman–Crippen MR) is 105 cm³/mol. The van der Waals surface area contributed by atoms with Crippen molar-refractivity contribution >= 4 is 54.9 Å². The summed E-state index contributed by atoms with van der Waals surface area (Å²) in [7, 11) is -3.78. The average molecular weight is 408 g/mol. The van der Waals surface area contributed by atoms with Crippen LogP contribution in [0.5, 0.6) is 0 Å². The number of amides is 1. The van der Waals surface area contributed by atoms with E-state index < -0.39 is 10.0 Å². The lowest BCUT2D eigenvalue weighted by molar-refractivity contribution is -0.113. The number of nitrogens with zero attached hydrogens (tertiary/aromatic N) is 2. The summed E-state index contributed by atoms with van der Waals surface area (Å²) in [4.78, 5) is 17.9. The number of nitrogens with two attached hydrogens (primary N) is 1. The maximum absolute atomic E-state index is 12.2. The molecule has 0 aliphatic heterocycles. The standard InChI is InChI=1S/C17H17N3O3S3/c1-2-9-20-14-7-6-13(26(18,22)23)11-15(14)25-17(20)19-16(21)8-5-12-4-3-10-24-12/h3-8,10-11H,2,9H2,1H3,(H2,18,22,23). The van der Waals surface area contributed by atoms with Crippen LogP contribution in [-0.4, -0.2) is 18.9 Å². The molecular formula is C17H17N3O3S3. The van der Waals surface area contributed by atoms with Crippen LogP contribution in [0.4, 0.5) is 0 Å². The molecule has 3 rings (SSSR count). The molecule has 0 aliphatic rings. The van der Waals surface area contributed by atoms with E-state index in [0.717, 1.165) is 21.5 Å². The van der Waals surface area contributed by atoms with E-state index in [4.69, 9.17) is 5.14 Å². The van der Waals surface area contributed by atoms with Crippen molar-refractivity contribution in [2.75, 3.05) is 0 Å². The first kappa shape index (κ1) is 18.7. The molecule has 3 aromatic rings. The van der Waals surface area contributed by atoms with E-state index in [1.807, 2.05) is 29.0 Å². The quantitative estimate of drug-likeness (QED) is 0.659. The van der Waals surface area contributed by atoms with Gasteiger partial charge >= 0.3 is 0 Å². The van der Waals surface area contributed by atoms with E-state index in [-0.39, 0.29) is 10.8 Å². The van der Waals surface area contributed by atoms with Gasteiger partial charge in [-0.25, -0.2) is 13.6 Å². The Bertz CT molecular complexity index is 1140. The highest BCUT2D eigenvalue weighted by Crippen LogP contribution is 2.21. The Labute approximate surface area is 159 Å². The summed E-state index contributed by atoms with van der Waals surface area (Å²) in [5.74, 6) is -0.360. The Morgan fingerprint density at radius 1 is 1.35 bits per heavy atom. The molecule has 9 heteroatoms. The van der Waals surface area contributed by atoms with Crippen LogP contribution in [0.3, 0.4) is 0 Å². The molecule has 0 spiro atoms. The smallest absolute Gasteiger partial charge is 0.272 e. The van der Waals surface area contributed by atoms with E-state index in [2.05, 4.69) is 4.99 Å². The Balaban J connectivity index is 2.06. The monoisotopic (exact) mass is 407 g/mol. The summed E-state index contributed by atoms with van der Waals surface area (Å²) < 4.78 is 25.8. The number of aromatic nitrogens is 1. The normalized spacial score (nSPS) is 13.1. The highest BCUT2D eigenvalue weighted by Gasteiger charge is 2.12. The van der Waals surface area contributed by atoms with Gasteiger partial charge in [0.25, 0.3) is 5.91 Å². The minimum atomic E-state index is -3.78. The summed E-state index contributed by atoms with van der Waals surface area (Å²) in [6, 6.07) is 8.52. The zero-order valence-corrected chi connectivity index (χ0v) is 16.4. The van der Waals surface area contributed by atoms with E-state index in [1.54, 1.807) is 12.1 Å². The third-order valence-corrected chi connectivity index (χ3v) is 6.36. The van der Waals surface area contributed by atoms with Crippen molar-refractivity contribution < 1.29 is 13.2 Å². The molecule has 26 heavy (non-hydrogen) atoms. The van der Waals surface area contributed by atoms with Crippen LogP contribution < -0.4 is 9.94 Å². The molecule has 2 heterocycles. The van der Waals surface area contributed by atoms with Crippen LogP contribution in [0, 0.1) is 0 Å². The molecule has 0 atom stereocenters. The van der Waals surface area contributed by atoms with Crippen LogP contribution in [0.25, 0.3) is 16.3 Å². The van der Waals surface area contributed by atoms with Gasteiger partial charge in [-0.05, 0) is 42.1 Å². The first-order chi connectivity index (χ1) is 12.4. The molecule has 1 amide bonds. The number of sulfonamides is 1. The SMILES string of the molecule is CCCn1c(=NC(=O)C=Cc2cccs2)sc2cc(S(N)(=O)=O)ccc21. The summed E-state index contributed by atoms with van der Waals surface area (Å²) in [6.45, 7) is 2.70. The Morgan fingerprint density at radius 3 is 2.81 bits per heavy atom. The molecule has 6 nitrogen and oxygen atoms in total. The van der Waals surface area contributed by atoms with Crippen LogP contribution >= 0.6 is 22.7 Å². The zero-order chi connectivity index (χ0) is 18.7. The summed E-state index contributed by atoms with van der Waals surface area (Å²) in [5, 5.41) is 7.14. The summed E-state index contributed by atoms with van der Waals surface area (Å²) in [5.41, 5.74) is 0.832. The Morgan fingerprint density at radius 2 is 2.15 bits per heavy atom. The first-order valence-electron chi connectivity index (χ1n) is 7.85. The second-order valence-electron chi connectivity index (χ2n) is 5.51. The molecule has 0 bridgehead atoms. The number of carbonyl (C=O) groups excluding carboxylic acids is 1. The zero-order valence-electron chi connectivity index (χ0n) is 14.0. The second-order valence-corrected chi connectivity index (χ2v) is 9.06. The molecule has 0 saturated carbocycles. The lowest BCUT2D eigenvalue weighted by atomic mass is 10.3. The number of fused-ring (bicyclic) bond motifs is 1. The van der Waals surface area contributed by atoms with Gasteiger partial charge in [0, 0.05) is 17.5 Å². The average Bonchev–Trinajstić information content (AvgIpc) is 3.20. The van der Waals surface area contributed by atoms with Gasteiger partial charge in [-0.1, -0.05) is 24.3 Å². The van der Waals surface area contributed by atoms with Gasteiger partial charge < -0.3 is 4.57 Å². The summed E-state index contributed by atoms with van der Waals surface area (Å²) >= 11 is 2.81. The van der Waals surface area contributed by atoms with Crippen molar-refractivity contribution in [3.63, 3.8) is 0 Å². The molecule has 0 saturated heterocycles. The Hall–Kier alpha value is -2.07. The molecular weight excluding hydrogens is 390 g/mol. The number of thiophene rings is 1. The van der Waals surface area contributed by atoms with Crippen LogP contribution in [0.2, 0.25) is 0 Å². The predicted octanol–water partition coefficient (Wildman–Crippen LogP) is 2.96. The van der Waals surface area contributed by atoms with E-state index in [9.17, 15) is 13.2 Å². The van der Waals surface area contributed by atoms with Crippen LogP contribution in [0.1, 0.15) is 18.2 Å². The fraction of sp³-hybridized carbons (Fsp3) is 0.176. The third kappa shape index (κ3) is 4.18. The van der Waals surface area contributed by atoms with E-state index in [0.29, 0.717) is 11.3 Å². The largest absolute Gasteiger partial charge is 0.316 e. The molecule has 1 aromatic carbocycles. The number of thiazole rings is 1. The molecule has 2 aromatic heterocycles. The number of hydrogen-bond donors (Lipinski definition) is 1. The van der Waals surface area contributed by atoms with Gasteiger partial charge in [0.1, 0.15) is 0 Å². The first-order valence-corrected chi connectivity index (χ1v) is 11.1. The number of carbonyl (C=O) groups is 1. The van der Waals surface area contributed by atoms with Gasteiger partial charge in [-0.3, -0.25) is 4.79 Å². The van der Waals surface area contributed by atoms with E-state index in [1.165, 1.54) is 40.9 Å². The minimum Gasteiger partial charge on any atom is -0.316 e. The fourth-order valence-corrected chi connectivity index (χ4v) is 4.76. The number of primary sulfonamides is 1. The third-order valence-electron chi connectivity index (χ3n) is 3.57. The van der Waals surface area contributed by atoms with Gasteiger partial charge in [-0.2, -0.15) is 4.99 Å². The van der Waals surface area contributed by atoms with Gasteiger partial charge in [0.05, 0.1) is 15.1 Å². The molecule has 0 fully saturated rings. The van der Waals surface area contributed by atoms with Crippen molar-refractivity contribution in [1.29, 1.82) is 0 Å². The number of hydrogen-bond acceptors (Lipinski definition) is 5.